The molecule has 0 aliphatic carbocycles. The SMILES string of the molecule is FC(F)c1nc2ccccc2n1-c1nc(Nc2ccc3c(c2)N=CC3)nc(N2CCOCC2)n1. The second kappa shape index (κ2) is 8.41. The van der Waals surface area contributed by atoms with Crippen LogP contribution in [-0.2, 0) is 11.2 Å². The number of halogens is 2. The van der Waals surface area contributed by atoms with E-state index < -0.39 is 12.2 Å². The van der Waals surface area contributed by atoms with Crippen molar-refractivity contribution in [1.82, 2.24) is 24.5 Å². The van der Waals surface area contributed by atoms with Crippen LogP contribution in [0.4, 0.5) is 32.1 Å². The van der Waals surface area contributed by atoms with Gasteiger partial charge in [0.15, 0.2) is 5.82 Å². The first kappa shape index (κ1) is 20.6. The largest absolute Gasteiger partial charge is 0.378 e. The Labute approximate surface area is 193 Å². The molecule has 0 bridgehead atoms. The second-order valence-electron chi connectivity index (χ2n) is 7.94. The van der Waals surface area contributed by atoms with Gasteiger partial charge < -0.3 is 15.0 Å². The molecule has 0 amide bonds. The predicted octanol–water partition coefficient (Wildman–Crippen LogP) is 3.99. The van der Waals surface area contributed by atoms with Crippen molar-refractivity contribution in [3.63, 3.8) is 0 Å². The lowest BCUT2D eigenvalue weighted by atomic mass is 10.1. The van der Waals surface area contributed by atoms with Crippen LogP contribution in [0.1, 0.15) is 17.8 Å². The van der Waals surface area contributed by atoms with E-state index in [0.717, 1.165) is 23.4 Å². The van der Waals surface area contributed by atoms with Crippen molar-refractivity contribution in [2.24, 2.45) is 4.99 Å². The van der Waals surface area contributed by atoms with Crippen LogP contribution >= 0.6 is 0 Å². The molecule has 6 rings (SSSR count). The molecule has 0 radical (unpaired) electrons. The maximum atomic E-state index is 14.0. The number of hydrogen-bond donors (Lipinski definition) is 1. The number of fused-ring (bicyclic) bond motifs is 2. The van der Waals surface area contributed by atoms with Gasteiger partial charge in [-0.15, -0.1) is 0 Å². The van der Waals surface area contributed by atoms with Crippen LogP contribution in [0.25, 0.3) is 17.0 Å². The average molecular weight is 462 g/mol. The Hall–Kier alpha value is -3.99. The van der Waals surface area contributed by atoms with Gasteiger partial charge in [-0.1, -0.05) is 18.2 Å². The maximum Gasteiger partial charge on any atom is 0.296 e. The lowest BCUT2D eigenvalue weighted by Gasteiger charge is -2.27. The quantitative estimate of drug-likeness (QED) is 0.479. The van der Waals surface area contributed by atoms with Crippen molar-refractivity contribution < 1.29 is 13.5 Å². The number of alkyl halides is 2. The zero-order valence-electron chi connectivity index (χ0n) is 18.0. The fraction of sp³-hybridized carbons (Fsp3) is 0.261. The highest BCUT2D eigenvalue weighted by molar-refractivity contribution is 5.79. The zero-order valence-corrected chi connectivity index (χ0v) is 18.0. The summed E-state index contributed by atoms with van der Waals surface area (Å²) in [6, 6.07) is 12.8. The summed E-state index contributed by atoms with van der Waals surface area (Å²) in [5, 5.41) is 3.20. The van der Waals surface area contributed by atoms with Crippen molar-refractivity contribution in [2.75, 3.05) is 36.5 Å². The van der Waals surface area contributed by atoms with Gasteiger partial charge in [-0.05, 0) is 29.8 Å². The number of para-hydroxylation sites is 2. The first-order valence-electron chi connectivity index (χ1n) is 10.9. The molecule has 11 heteroatoms. The molecule has 0 saturated carbocycles. The van der Waals surface area contributed by atoms with Gasteiger partial charge >= 0.3 is 0 Å². The third-order valence-electron chi connectivity index (χ3n) is 5.77. The summed E-state index contributed by atoms with van der Waals surface area (Å²) in [5.74, 6) is 0.278. The Bertz CT molecular complexity index is 1400. The van der Waals surface area contributed by atoms with Crippen molar-refractivity contribution in [3.8, 4) is 5.95 Å². The summed E-state index contributed by atoms with van der Waals surface area (Å²) >= 11 is 0. The van der Waals surface area contributed by atoms with E-state index in [2.05, 4.69) is 30.2 Å². The minimum atomic E-state index is -2.80. The van der Waals surface area contributed by atoms with Gasteiger partial charge in [0.25, 0.3) is 6.43 Å². The highest BCUT2D eigenvalue weighted by atomic mass is 19.3. The zero-order chi connectivity index (χ0) is 23.1. The molecule has 34 heavy (non-hydrogen) atoms. The molecule has 1 fully saturated rings. The van der Waals surface area contributed by atoms with Gasteiger partial charge in [-0.25, -0.2) is 13.8 Å². The van der Waals surface area contributed by atoms with Crippen molar-refractivity contribution in [2.45, 2.75) is 12.8 Å². The van der Waals surface area contributed by atoms with Gasteiger partial charge in [0.1, 0.15) is 0 Å². The van der Waals surface area contributed by atoms with E-state index in [0.29, 0.717) is 43.3 Å². The Morgan fingerprint density at radius 2 is 1.76 bits per heavy atom. The Morgan fingerprint density at radius 1 is 0.941 bits per heavy atom. The average Bonchev–Trinajstić information content (AvgIpc) is 3.49. The number of anilines is 3. The van der Waals surface area contributed by atoms with Gasteiger partial charge in [0.05, 0.1) is 29.9 Å². The minimum absolute atomic E-state index is 0.0715. The molecule has 172 valence electrons. The molecule has 2 aliphatic rings. The Kier molecular flexibility index (Phi) is 5.10. The molecule has 0 spiro atoms. The summed E-state index contributed by atoms with van der Waals surface area (Å²) in [7, 11) is 0. The number of imidazole rings is 1. The summed E-state index contributed by atoms with van der Waals surface area (Å²) in [5.41, 5.74) is 3.70. The fourth-order valence-corrected chi connectivity index (χ4v) is 4.12. The maximum absolute atomic E-state index is 14.0. The highest BCUT2D eigenvalue weighted by Crippen LogP contribution is 2.30. The molecule has 2 aliphatic heterocycles. The van der Waals surface area contributed by atoms with Crippen LogP contribution in [0.2, 0.25) is 0 Å². The Morgan fingerprint density at radius 3 is 2.62 bits per heavy atom. The van der Waals surface area contributed by atoms with E-state index in [1.54, 1.807) is 24.3 Å². The van der Waals surface area contributed by atoms with Gasteiger partial charge in [0, 0.05) is 31.4 Å². The minimum Gasteiger partial charge on any atom is -0.378 e. The summed E-state index contributed by atoms with van der Waals surface area (Å²) in [4.78, 5) is 24.1. The topological polar surface area (TPSA) is 93.4 Å². The van der Waals surface area contributed by atoms with Crippen LogP contribution in [-0.4, -0.2) is 57.0 Å². The number of nitrogens with zero attached hydrogens (tertiary/aromatic N) is 7. The smallest absolute Gasteiger partial charge is 0.296 e. The van der Waals surface area contributed by atoms with Crippen LogP contribution in [0.15, 0.2) is 47.5 Å². The predicted molar refractivity (Wildman–Crippen MR) is 124 cm³/mol. The third kappa shape index (κ3) is 3.73. The third-order valence-corrected chi connectivity index (χ3v) is 5.77. The standard InChI is InChI=1S/C23H20F2N8O/c24-19(25)20-28-16-3-1-2-4-18(16)33(20)23-30-21(29-22(31-23)32-9-11-34-12-10-32)27-15-6-5-14-7-8-26-17(14)13-15/h1-6,8,13,19H,7,9-12H2,(H,27,29,30,31). The molecule has 9 nitrogen and oxygen atoms in total. The molecule has 2 aromatic carbocycles. The number of aromatic nitrogens is 5. The number of benzene rings is 2. The van der Waals surface area contributed by atoms with Crippen molar-refractivity contribution in [1.29, 1.82) is 0 Å². The van der Waals surface area contributed by atoms with E-state index in [-0.39, 0.29) is 11.9 Å². The number of aliphatic imine (C=N–C) groups is 1. The van der Waals surface area contributed by atoms with Gasteiger partial charge in [0.2, 0.25) is 17.8 Å². The lowest BCUT2D eigenvalue weighted by Crippen LogP contribution is -2.37. The molecule has 1 saturated heterocycles. The first-order valence-corrected chi connectivity index (χ1v) is 10.9. The van der Waals surface area contributed by atoms with E-state index in [1.807, 2.05) is 29.3 Å². The molecular weight excluding hydrogens is 442 g/mol. The Balaban J connectivity index is 1.48. The number of ether oxygens (including phenoxy) is 1. The number of nitrogens with one attached hydrogen (secondary N) is 1. The monoisotopic (exact) mass is 462 g/mol. The van der Waals surface area contributed by atoms with Crippen molar-refractivity contribution in [3.05, 3.63) is 53.9 Å². The molecule has 0 atom stereocenters. The number of rotatable bonds is 5. The number of morpholine rings is 1. The first-order chi connectivity index (χ1) is 16.7. The molecular formula is C23H20F2N8O. The molecule has 1 N–H and O–H groups in total. The van der Waals surface area contributed by atoms with Gasteiger partial charge in [-0.2, -0.15) is 15.0 Å². The van der Waals surface area contributed by atoms with E-state index >= 15 is 0 Å². The van der Waals surface area contributed by atoms with E-state index in [9.17, 15) is 8.78 Å². The normalized spacial score (nSPS) is 15.3. The molecule has 4 aromatic rings. The summed E-state index contributed by atoms with van der Waals surface area (Å²) in [6.07, 6.45) is -0.138. The van der Waals surface area contributed by atoms with Crippen molar-refractivity contribution >= 4 is 40.5 Å². The molecule has 0 unspecified atom stereocenters. The molecule has 2 aromatic heterocycles. The lowest BCUT2D eigenvalue weighted by molar-refractivity contribution is 0.122. The molecule has 4 heterocycles. The summed E-state index contributed by atoms with van der Waals surface area (Å²) < 4.78 is 34.7. The van der Waals surface area contributed by atoms with E-state index in [1.165, 1.54) is 4.57 Å². The summed E-state index contributed by atoms with van der Waals surface area (Å²) in [6.45, 7) is 2.23. The fourth-order valence-electron chi connectivity index (χ4n) is 4.12. The van der Waals surface area contributed by atoms with Gasteiger partial charge in [-0.3, -0.25) is 9.56 Å². The van der Waals surface area contributed by atoms with E-state index in [4.69, 9.17) is 4.74 Å². The second-order valence-corrected chi connectivity index (χ2v) is 7.94. The van der Waals surface area contributed by atoms with Crippen LogP contribution in [0.3, 0.4) is 0 Å². The number of hydrogen-bond acceptors (Lipinski definition) is 8. The van der Waals surface area contributed by atoms with Crippen LogP contribution in [0.5, 0.6) is 0 Å². The van der Waals surface area contributed by atoms with Crippen LogP contribution < -0.4 is 10.2 Å². The highest BCUT2D eigenvalue weighted by Gasteiger charge is 2.24. The van der Waals surface area contributed by atoms with Crippen LogP contribution in [0, 0.1) is 0 Å².